The quantitative estimate of drug-likeness (QED) is 0.669. The fourth-order valence-corrected chi connectivity index (χ4v) is 3.39. The predicted molar refractivity (Wildman–Crippen MR) is 93.3 cm³/mol. The monoisotopic (exact) mass is 343 g/mol. The molecule has 0 aromatic carbocycles. The summed E-state index contributed by atoms with van der Waals surface area (Å²) in [6.07, 6.45) is 5.00. The number of nitrogens with one attached hydrogen (secondary N) is 1. The lowest BCUT2D eigenvalue weighted by Crippen LogP contribution is -2.14. The van der Waals surface area contributed by atoms with Crippen molar-refractivity contribution in [3.05, 3.63) is 54.1 Å². The number of ether oxygens (including phenoxy) is 1. The second kappa shape index (κ2) is 7.37. The topological polar surface area (TPSA) is 84.3 Å². The van der Waals surface area contributed by atoms with Gasteiger partial charge < -0.3 is 15.2 Å². The lowest BCUT2D eigenvalue weighted by Gasteiger charge is -2.15. The molecular weight excluding hydrogens is 326 g/mol. The molecule has 1 unspecified atom stereocenters. The molecule has 0 aliphatic rings. The number of carbonyl (C=O) groups is 1. The van der Waals surface area contributed by atoms with Crippen molar-refractivity contribution in [2.75, 3.05) is 18.5 Å². The lowest BCUT2D eigenvalue weighted by atomic mass is 10.1. The molecule has 0 aliphatic carbocycles. The third-order valence-corrected chi connectivity index (χ3v) is 4.53. The Labute approximate surface area is 143 Å². The number of hydrogen-bond acceptors (Lipinski definition) is 7. The van der Waals surface area contributed by atoms with Gasteiger partial charge in [0.2, 0.25) is 0 Å². The van der Waals surface area contributed by atoms with Gasteiger partial charge in [-0.1, -0.05) is 6.07 Å². The largest absolute Gasteiger partial charge is 0.461 e. The van der Waals surface area contributed by atoms with Crippen molar-refractivity contribution >= 4 is 32.4 Å². The number of rotatable bonds is 6. The van der Waals surface area contributed by atoms with Gasteiger partial charge in [-0.2, -0.15) is 0 Å². The number of aliphatic hydroxyl groups is 1. The van der Waals surface area contributed by atoms with E-state index in [1.165, 1.54) is 11.3 Å². The molecule has 0 spiro atoms. The lowest BCUT2D eigenvalue weighted by molar-refractivity contribution is 0.0522. The van der Waals surface area contributed by atoms with E-state index in [2.05, 4.69) is 15.3 Å². The molecule has 2 N–H and O–H groups in total. The minimum Gasteiger partial charge on any atom is -0.461 e. The maximum atomic E-state index is 12.0. The molecule has 0 radical (unpaired) electrons. The van der Waals surface area contributed by atoms with Crippen molar-refractivity contribution in [3.63, 3.8) is 0 Å². The molecule has 3 rings (SSSR count). The molecule has 3 heterocycles. The summed E-state index contributed by atoms with van der Waals surface area (Å²) in [7, 11) is 0. The van der Waals surface area contributed by atoms with Crippen molar-refractivity contribution in [1.29, 1.82) is 0 Å². The zero-order valence-corrected chi connectivity index (χ0v) is 13.9. The molecule has 0 amide bonds. The Morgan fingerprint density at radius 2 is 2.29 bits per heavy atom. The standard InChI is InChI=1S/C17H17N3O3S/c1-2-23-17(22)16-12-8-15(24-14(12)5-7-19-16)20-13(10-21)11-4-3-6-18-9-11/h3-9,13,20-21H,2,10H2,1H3. The first kappa shape index (κ1) is 16.4. The van der Waals surface area contributed by atoms with Crippen LogP contribution < -0.4 is 5.32 Å². The van der Waals surface area contributed by atoms with Crippen LogP contribution in [-0.2, 0) is 4.74 Å². The Kier molecular flexibility index (Phi) is 5.02. The number of esters is 1. The summed E-state index contributed by atoms with van der Waals surface area (Å²) >= 11 is 1.49. The molecule has 0 saturated heterocycles. The van der Waals surface area contributed by atoms with Crippen molar-refractivity contribution < 1.29 is 14.6 Å². The Bertz CT molecular complexity index is 835. The summed E-state index contributed by atoms with van der Waals surface area (Å²) < 4.78 is 5.98. The molecule has 24 heavy (non-hydrogen) atoms. The predicted octanol–water partition coefficient (Wildman–Crippen LogP) is 3.01. The second-order valence-corrected chi connectivity index (χ2v) is 6.15. The molecule has 1 atom stereocenters. The zero-order valence-electron chi connectivity index (χ0n) is 13.1. The minimum absolute atomic E-state index is 0.0665. The molecule has 3 aromatic rings. The molecule has 0 saturated carbocycles. The molecule has 0 aliphatic heterocycles. The number of hydrogen-bond donors (Lipinski definition) is 2. The number of carbonyl (C=O) groups excluding carboxylic acids is 1. The summed E-state index contributed by atoms with van der Waals surface area (Å²) in [5.74, 6) is -0.432. The van der Waals surface area contributed by atoms with Crippen LogP contribution in [0, 0.1) is 0 Å². The first-order chi connectivity index (χ1) is 11.7. The fraction of sp³-hybridized carbons (Fsp3) is 0.235. The normalized spacial score (nSPS) is 12.1. The fourth-order valence-electron chi connectivity index (χ4n) is 2.38. The van der Waals surface area contributed by atoms with Gasteiger partial charge >= 0.3 is 5.97 Å². The number of thiophene rings is 1. The van der Waals surface area contributed by atoms with Crippen LogP contribution in [-0.4, -0.2) is 34.3 Å². The van der Waals surface area contributed by atoms with Crippen molar-refractivity contribution in [2.24, 2.45) is 0 Å². The van der Waals surface area contributed by atoms with Crippen molar-refractivity contribution in [2.45, 2.75) is 13.0 Å². The Morgan fingerprint density at radius 1 is 1.42 bits per heavy atom. The number of fused-ring (bicyclic) bond motifs is 1. The van der Waals surface area contributed by atoms with Gasteiger partial charge in [0, 0.05) is 28.7 Å². The molecule has 3 aromatic heterocycles. The SMILES string of the molecule is CCOC(=O)c1nccc2sc(NC(CO)c3cccnc3)cc12. The van der Waals surface area contributed by atoms with E-state index in [0.717, 1.165) is 20.7 Å². The van der Waals surface area contributed by atoms with Gasteiger partial charge in [-0.05, 0) is 30.7 Å². The van der Waals surface area contributed by atoms with E-state index in [1.807, 2.05) is 24.3 Å². The van der Waals surface area contributed by atoms with E-state index in [1.54, 1.807) is 25.5 Å². The van der Waals surface area contributed by atoms with E-state index in [-0.39, 0.29) is 12.6 Å². The average Bonchev–Trinajstić information content (AvgIpc) is 3.03. The van der Waals surface area contributed by atoms with Crippen LogP contribution in [0.15, 0.2) is 42.9 Å². The molecule has 0 bridgehead atoms. The van der Waals surface area contributed by atoms with Gasteiger partial charge in [-0.3, -0.25) is 4.98 Å². The van der Waals surface area contributed by atoms with Crippen LogP contribution in [0.25, 0.3) is 10.1 Å². The van der Waals surface area contributed by atoms with Crippen LogP contribution in [0.1, 0.15) is 29.0 Å². The summed E-state index contributed by atoms with van der Waals surface area (Å²) in [5.41, 5.74) is 1.20. The average molecular weight is 343 g/mol. The number of anilines is 1. The van der Waals surface area contributed by atoms with Gasteiger partial charge in [-0.15, -0.1) is 11.3 Å². The molecular formula is C17H17N3O3S. The van der Waals surface area contributed by atoms with Crippen LogP contribution >= 0.6 is 11.3 Å². The number of aromatic nitrogens is 2. The van der Waals surface area contributed by atoms with Gasteiger partial charge in [-0.25, -0.2) is 9.78 Å². The number of pyridine rings is 2. The Hall–Kier alpha value is -2.51. The van der Waals surface area contributed by atoms with Gasteiger partial charge in [0.15, 0.2) is 5.69 Å². The molecule has 6 nitrogen and oxygen atoms in total. The highest BCUT2D eigenvalue weighted by Gasteiger charge is 2.17. The molecule has 124 valence electrons. The van der Waals surface area contributed by atoms with Gasteiger partial charge in [0.05, 0.1) is 24.3 Å². The zero-order chi connectivity index (χ0) is 16.9. The smallest absolute Gasteiger partial charge is 0.357 e. The second-order valence-electron chi connectivity index (χ2n) is 5.07. The van der Waals surface area contributed by atoms with E-state index in [0.29, 0.717) is 12.3 Å². The maximum Gasteiger partial charge on any atom is 0.357 e. The molecule has 0 fully saturated rings. The summed E-state index contributed by atoms with van der Waals surface area (Å²) in [6.45, 7) is 2.00. The van der Waals surface area contributed by atoms with E-state index in [9.17, 15) is 9.90 Å². The highest BCUT2D eigenvalue weighted by Crippen LogP contribution is 2.33. The van der Waals surface area contributed by atoms with Crippen molar-refractivity contribution in [1.82, 2.24) is 9.97 Å². The highest BCUT2D eigenvalue weighted by molar-refractivity contribution is 7.22. The third kappa shape index (κ3) is 3.37. The number of nitrogens with zero attached hydrogens (tertiary/aromatic N) is 2. The summed E-state index contributed by atoms with van der Waals surface area (Å²) in [6, 6.07) is 7.17. The maximum absolute atomic E-state index is 12.0. The Morgan fingerprint density at radius 3 is 3.00 bits per heavy atom. The van der Waals surface area contributed by atoms with Gasteiger partial charge in [0.1, 0.15) is 0 Å². The van der Waals surface area contributed by atoms with Crippen LogP contribution in [0.5, 0.6) is 0 Å². The molecule has 7 heteroatoms. The van der Waals surface area contributed by atoms with E-state index < -0.39 is 5.97 Å². The minimum atomic E-state index is -0.432. The van der Waals surface area contributed by atoms with E-state index >= 15 is 0 Å². The van der Waals surface area contributed by atoms with Gasteiger partial charge in [0.25, 0.3) is 0 Å². The van der Waals surface area contributed by atoms with Crippen LogP contribution in [0.3, 0.4) is 0 Å². The highest BCUT2D eigenvalue weighted by atomic mass is 32.1. The van der Waals surface area contributed by atoms with Crippen LogP contribution in [0.4, 0.5) is 5.00 Å². The van der Waals surface area contributed by atoms with E-state index in [4.69, 9.17) is 4.74 Å². The Balaban J connectivity index is 1.90. The summed E-state index contributed by atoms with van der Waals surface area (Å²) in [4.78, 5) is 20.2. The van der Waals surface area contributed by atoms with Crippen molar-refractivity contribution in [3.8, 4) is 0 Å². The number of aliphatic hydroxyl groups excluding tert-OH is 1. The first-order valence-corrected chi connectivity index (χ1v) is 8.37. The third-order valence-electron chi connectivity index (χ3n) is 3.50. The van der Waals surface area contributed by atoms with Crippen LogP contribution in [0.2, 0.25) is 0 Å². The first-order valence-electron chi connectivity index (χ1n) is 7.56. The summed E-state index contributed by atoms with van der Waals surface area (Å²) in [5, 5.41) is 14.5.